The lowest BCUT2D eigenvalue weighted by Gasteiger charge is -2.13. The molecule has 0 bridgehead atoms. The molecule has 5 N–H and O–H groups in total. The van der Waals surface area contributed by atoms with Gasteiger partial charge in [-0.1, -0.05) is 0 Å². The molecule has 0 saturated carbocycles. The highest BCUT2D eigenvalue weighted by atomic mass is 32.2. The molecule has 1 rings (SSSR count). The van der Waals surface area contributed by atoms with Crippen molar-refractivity contribution in [1.82, 2.24) is 10.0 Å². The number of nitrogens with two attached hydrogens (primary N) is 1. The molecule has 106 valence electrons. The van der Waals surface area contributed by atoms with Crippen LogP contribution in [0.1, 0.15) is 13.8 Å². The largest absolute Gasteiger partial charge is 0.355 e. The number of benzene rings is 1. The minimum atomic E-state index is -3.73. The van der Waals surface area contributed by atoms with E-state index in [4.69, 9.17) is 5.84 Å². The Morgan fingerprint density at radius 2 is 1.89 bits per heavy atom. The van der Waals surface area contributed by atoms with Crippen LogP contribution in [0.15, 0.2) is 29.2 Å². The first kappa shape index (κ1) is 15.4. The zero-order valence-corrected chi connectivity index (χ0v) is 11.6. The second-order valence-electron chi connectivity index (χ2n) is 3.91. The van der Waals surface area contributed by atoms with E-state index in [9.17, 15) is 13.2 Å². The molecule has 1 aromatic rings. The van der Waals surface area contributed by atoms with Crippen LogP contribution in [0.2, 0.25) is 0 Å². The lowest BCUT2D eigenvalue weighted by atomic mass is 10.3. The summed E-state index contributed by atoms with van der Waals surface area (Å²) in [4.78, 5) is 11.6. The molecule has 0 fully saturated rings. The van der Waals surface area contributed by atoms with Gasteiger partial charge in [0.15, 0.2) is 0 Å². The van der Waals surface area contributed by atoms with Gasteiger partial charge < -0.3 is 10.7 Å². The molecule has 0 saturated heterocycles. The van der Waals surface area contributed by atoms with Crippen molar-refractivity contribution in [3.05, 3.63) is 24.3 Å². The summed E-state index contributed by atoms with van der Waals surface area (Å²) in [6, 6.07) is 5.04. The number of sulfonamides is 1. The minimum Gasteiger partial charge on any atom is -0.355 e. The maximum absolute atomic E-state index is 12.0. The first-order valence-corrected chi connectivity index (χ1v) is 7.25. The molecule has 0 heterocycles. The smallest absolute Gasteiger partial charge is 0.241 e. The normalized spacial score (nSPS) is 12.8. The third-order valence-corrected chi connectivity index (χ3v) is 3.96. The molecule has 0 aliphatic carbocycles. The first-order chi connectivity index (χ1) is 8.90. The SMILES string of the molecule is CCNC(=O)C(C)NS(=O)(=O)c1ccc(NN)cc1. The molecule has 0 radical (unpaired) electrons. The molecular formula is C11H18N4O3S. The van der Waals surface area contributed by atoms with E-state index in [1.807, 2.05) is 0 Å². The van der Waals surface area contributed by atoms with Crippen LogP contribution in [0.25, 0.3) is 0 Å². The van der Waals surface area contributed by atoms with E-state index in [-0.39, 0.29) is 10.8 Å². The van der Waals surface area contributed by atoms with E-state index < -0.39 is 16.1 Å². The number of likely N-dealkylation sites (N-methyl/N-ethyl adjacent to an activating group) is 1. The van der Waals surface area contributed by atoms with E-state index >= 15 is 0 Å². The van der Waals surface area contributed by atoms with Crippen LogP contribution in [0.4, 0.5) is 5.69 Å². The monoisotopic (exact) mass is 286 g/mol. The maximum Gasteiger partial charge on any atom is 0.241 e. The van der Waals surface area contributed by atoms with Crippen molar-refractivity contribution in [2.24, 2.45) is 5.84 Å². The number of nitrogens with one attached hydrogen (secondary N) is 3. The number of hydrogen-bond donors (Lipinski definition) is 4. The second kappa shape index (κ2) is 6.50. The van der Waals surface area contributed by atoms with E-state index in [1.54, 1.807) is 6.92 Å². The predicted molar refractivity (Wildman–Crippen MR) is 72.7 cm³/mol. The number of hydrazine groups is 1. The molecule has 1 aromatic carbocycles. The van der Waals surface area contributed by atoms with Crippen molar-refractivity contribution in [2.75, 3.05) is 12.0 Å². The molecule has 0 spiro atoms. The quantitative estimate of drug-likeness (QED) is 0.426. The summed E-state index contributed by atoms with van der Waals surface area (Å²) >= 11 is 0. The number of carbonyl (C=O) groups excluding carboxylic acids is 1. The van der Waals surface area contributed by atoms with E-state index in [1.165, 1.54) is 31.2 Å². The van der Waals surface area contributed by atoms with Crippen LogP contribution in [0, 0.1) is 0 Å². The molecule has 7 nitrogen and oxygen atoms in total. The Labute approximate surface area is 112 Å². The van der Waals surface area contributed by atoms with Gasteiger partial charge in [-0.15, -0.1) is 0 Å². The van der Waals surface area contributed by atoms with Crippen molar-refractivity contribution in [3.63, 3.8) is 0 Å². The van der Waals surface area contributed by atoms with Gasteiger partial charge in [0, 0.05) is 12.2 Å². The van der Waals surface area contributed by atoms with Crippen molar-refractivity contribution in [2.45, 2.75) is 24.8 Å². The molecule has 1 atom stereocenters. The Kier molecular flexibility index (Phi) is 5.28. The van der Waals surface area contributed by atoms with Gasteiger partial charge >= 0.3 is 0 Å². The van der Waals surface area contributed by atoms with Crippen LogP contribution in [-0.2, 0) is 14.8 Å². The number of rotatable bonds is 6. The Bertz CT molecular complexity index is 527. The lowest BCUT2D eigenvalue weighted by molar-refractivity contribution is -0.122. The van der Waals surface area contributed by atoms with Gasteiger partial charge in [0.2, 0.25) is 15.9 Å². The number of anilines is 1. The summed E-state index contributed by atoms with van der Waals surface area (Å²) in [5, 5.41) is 2.55. The average Bonchev–Trinajstić information content (AvgIpc) is 2.38. The standard InChI is InChI=1S/C11H18N4O3S/c1-3-13-11(16)8(2)15-19(17,18)10-6-4-9(14-12)5-7-10/h4-8,14-15H,3,12H2,1-2H3,(H,13,16). The van der Waals surface area contributed by atoms with Gasteiger partial charge in [0.05, 0.1) is 10.9 Å². The third-order valence-electron chi connectivity index (χ3n) is 2.41. The Morgan fingerprint density at radius 1 is 1.32 bits per heavy atom. The Hall–Kier alpha value is -1.64. The molecule has 1 amide bonds. The molecule has 19 heavy (non-hydrogen) atoms. The van der Waals surface area contributed by atoms with Crippen molar-refractivity contribution < 1.29 is 13.2 Å². The van der Waals surface area contributed by atoms with Crippen LogP contribution < -0.4 is 21.3 Å². The van der Waals surface area contributed by atoms with E-state index in [0.29, 0.717) is 12.2 Å². The van der Waals surface area contributed by atoms with Gasteiger partial charge in [-0.3, -0.25) is 10.6 Å². The first-order valence-electron chi connectivity index (χ1n) is 5.77. The average molecular weight is 286 g/mol. The molecule has 0 aromatic heterocycles. The van der Waals surface area contributed by atoms with Gasteiger partial charge in [-0.25, -0.2) is 8.42 Å². The minimum absolute atomic E-state index is 0.0719. The van der Waals surface area contributed by atoms with Crippen LogP contribution in [0.3, 0.4) is 0 Å². The predicted octanol–water partition coefficient (Wildman–Crippen LogP) is -0.225. The molecule has 1 unspecified atom stereocenters. The highest BCUT2D eigenvalue weighted by Crippen LogP contribution is 2.13. The summed E-state index contributed by atoms with van der Waals surface area (Å²) in [6.45, 7) is 3.69. The van der Waals surface area contributed by atoms with Gasteiger partial charge in [-0.05, 0) is 38.1 Å². The summed E-state index contributed by atoms with van der Waals surface area (Å²) in [7, 11) is -3.73. The summed E-state index contributed by atoms with van der Waals surface area (Å²) in [6.07, 6.45) is 0. The lowest BCUT2D eigenvalue weighted by Crippen LogP contribution is -2.44. The van der Waals surface area contributed by atoms with Crippen molar-refractivity contribution >= 4 is 21.6 Å². The van der Waals surface area contributed by atoms with E-state index in [0.717, 1.165) is 0 Å². The molecule has 8 heteroatoms. The summed E-state index contributed by atoms with van der Waals surface area (Å²) in [5.41, 5.74) is 3.00. The number of nitrogen functional groups attached to an aromatic ring is 1. The fraction of sp³-hybridized carbons (Fsp3) is 0.364. The van der Waals surface area contributed by atoms with Gasteiger partial charge in [0.1, 0.15) is 0 Å². The van der Waals surface area contributed by atoms with Crippen molar-refractivity contribution in [3.8, 4) is 0 Å². The molecule has 0 aliphatic rings. The van der Waals surface area contributed by atoms with E-state index in [2.05, 4.69) is 15.5 Å². The fourth-order valence-corrected chi connectivity index (χ4v) is 2.61. The highest BCUT2D eigenvalue weighted by Gasteiger charge is 2.21. The van der Waals surface area contributed by atoms with Gasteiger partial charge in [-0.2, -0.15) is 4.72 Å². The van der Waals surface area contributed by atoms with Crippen LogP contribution in [0.5, 0.6) is 0 Å². The summed E-state index contributed by atoms with van der Waals surface area (Å²) < 4.78 is 26.3. The summed E-state index contributed by atoms with van der Waals surface area (Å²) in [5.74, 6) is 4.83. The number of carbonyl (C=O) groups is 1. The number of hydrogen-bond acceptors (Lipinski definition) is 5. The van der Waals surface area contributed by atoms with Crippen LogP contribution >= 0.6 is 0 Å². The second-order valence-corrected chi connectivity index (χ2v) is 5.62. The topological polar surface area (TPSA) is 113 Å². The fourth-order valence-electron chi connectivity index (χ4n) is 1.41. The zero-order chi connectivity index (χ0) is 14.5. The van der Waals surface area contributed by atoms with Crippen LogP contribution in [-0.4, -0.2) is 26.9 Å². The van der Waals surface area contributed by atoms with Crippen molar-refractivity contribution in [1.29, 1.82) is 0 Å². The zero-order valence-electron chi connectivity index (χ0n) is 10.8. The Morgan fingerprint density at radius 3 is 2.37 bits per heavy atom. The van der Waals surface area contributed by atoms with Gasteiger partial charge in [0.25, 0.3) is 0 Å². The highest BCUT2D eigenvalue weighted by molar-refractivity contribution is 7.89. The number of amides is 1. The molecular weight excluding hydrogens is 268 g/mol. The Balaban J connectivity index is 2.82. The maximum atomic E-state index is 12.0. The third kappa shape index (κ3) is 4.19. The molecule has 0 aliphatic heterocycles.